The van der Waals surface area contributed by atoms with Gasteiger partial charge in [0.2, 0.25) is 0 Å². The van der Waals surface area contributed by atoms with E-state index in [-0.39, 0.29) is 16.7 Å². The van der Waals surface area contributed by atoms with Gasteiger partial charge in [-0.3, -0.25) is 4.68 Å². The predicted molar refractivity (Wildman–Crippen MR) is 51.9 cm³/mol. The molecule has 0 amide bonds. The number of rotatable bonds is 3. The SMILES string of the molecule is COC(=O)c1cnn(CCC(F)(F)F)c1Br. The maximum Gasteiger partial charge on any atom is 0.390 e. The Bertz CT molecular complexity index is 389. The van der Waals surface area contributed by atoms with Gasteiger partial charge in [0.05, 0.1) is 26.3 Å². The van der Waals surface area contributed by atoms with Crippen LogP contribution in [0.1, 0.15) is 16.8 Å². The van der Waals surface area contributed by atoms with Gasteiger partial charge in [0, 0.05) is 0 Å². The van der Waals surface area contributed by atoms with E-state index in [2.05, 4.69) is 25.8 Å². The molecule has 0 spiro atoms. The quantitative estimate of drug-likeness (QED) is 0.805. The number of aryl methyl sites for hydroxylation is 1. The molecule has 1 aromatic rings. The Morgan fingerprint density at radius 3 is 2.75 bits per heavy atom. The van der Waals surface area contributed by atoms with E-state index in [1.165, 1.54) is 7.11 Å². The molecule has 0 fully saturated rings. The molecule has 0 saturated carbocycles. The van der Waals surface area contributed by atoms with Gasteiger partial charge in [-0.15, -0.1) is 0 Å². The Morgan fingerprint density at radius 1 is 1.62 bits per heavy atom. The number of alkyl halides is 3. The molecule has 0 saturated heterocycles. The van der Waals surface area contributed by atoms with Crippen molar-refractivity contribution in [3.05, 3.63) is 16.4 Å². The molecule has 16 heavy (non-hydrogen) atoms. The predicted octanol–water partition coefficient (Wildman–Crippen LogP) is 2.38. The summed E-state index contributed by atoms with van der Waals surface area (Å²) in [5.41, 5.74) is 0.102. The lowest BCUT2D eigenvalue weighted by molar-refractivity contribution is -0.137. The number of aromatic nitrogens is 2. The van der Waals surface area contributed by atoms with Crippen LogP contribution < -0.4 is 0 Å². The van der Waals surface area contributed by atoms with E-state index < -0.39 is 18.6 Å². The molecule has 1 heterocycles. The summed E-state index contributed by atoms with van der Waals surface area (Å²) in [6.07, 6.45) is -4.10. The van der Waals surface area contributed by atoms with Crippen LogP contribution in [0.2, 0.25) is 0 Å². The van der Waals surface area contributed by atoms with Crippen molar-refractivity contribution in [2.75, 3.05) is 7.11 Å². The van der Waals surface area contributed by atoms with Gasteiger partial charge in [0.25, 0.3) is 0 Å². The molecule has 1 aromatic heterocycles. The summed E-state index contributed by atoms with van der Waals surface area (Å²) >= 11 is 2.99. The van der Waals surface area contributed by atoms with Crippen molar-refractivity contribution in [2.24, 2.45) is 0 Å². The Labute approximate surface area is 97.5 Å². The molecule has 90 valence electrons. The van der Waals surface area contributed by atoms with E-state index in [0.717, 1.165) is 10.9 Å². The first-order chi connectivity index (χ1) is 7.35. The lowest BCUT2D eigenvalue weighted by atomic mass is 10.4. The molecular formula is C8H8BrF3N2O2. The van der Waals surface area contributed by atoms with E-state index in [1.807, 2.05) is 0 Å². The summed E-state index contributed by atoms with van der Waals surface area (Å²) < 4.78 is 41.5. The molecule has 0 bridgehead atoms. The lowest BCUT2D eigenvalue weighted by Crippen LogP contribution is -2.13. The Balaban J connectivity index is 2.77. The summed E-state index contributed by atoms with van der Waals surface area (Å²) in [6.45, 7) is -0.346. The highest BCUT2D eigenvalue weighted by Crippen LogP contribution is 2.23. The van der Waals surface area contributed by atoms with E-state index in [1.54, 1.807) is 0 Å². The zero-order chi connectivity index (χ0) is 12.3. The van der Waals surface area contributed by atoms with Gasteiger partial charge >= 0.3 is 12.1 Å². The molecule has 0 aromatic carbocycles. The molecule has 0 unspecified atom stereocenters. The van der Waals surface area contributed by atoms with Gasteiger partial charge in [-0.1, -0.05) is 0 Å². The number of nitrogens with zero attached hydrogens (tertiary/aromatic N) is 2. The first-order valence-corrected chi connectivity index (χ1v) is 5.01. The highest BCUT2D eigenvalue weighted by Gasteiger charge is 2.27. The number of carbonyl (C=O) groups is 1. The van der Waals surface area contributed by atoms with Crippen molar-refractivity contribution in [1.29, 1.82) is 0 Å². The van der Waals surface area contributed by atoms with Crippen molar-refractivity contribution in [2.45, 2.75) is 19.1 Å². The smallest absolute Gasteiger partial charge is 0.390 e. The molecule has 0 N–H and O–H groups in total. The van der Waals surface area contributed by atoms with Crippen molar-refractivity contribution in [3.8, 4) is 0 Å². The minimum atomic E-state index is -4.25. The van der Waals surface area contributed by atoms with Crippen LogP contribution in [0.25, 0.3) is 0 Å². The second kappa shape index (κ2) is 4.86. The van der Waals surface area contributed by atoms with Gasteiger partial charge in [-0.05, 0) is 15.9 Å². The fraction of sp³-hybridized carbons (Fsp3) is 0.500. The fourth-order valence-corrected chi connectivity index (χ4v) is 1.54. The minimum absolute atomic E-state index is 0.102. The third kappa shape index (κ3) is 3.22. The number of hydrogen-bond acceptors (Lipinski definition) is 3. The third-order valence-electron chi connectivity index (χ3n) is 1.79. The van der Waals surface area contributed by atoms with Crippen LogP contribution in [0.3, 0.4) is 0 Å². The second-order valence-corrected chi connectivity index (χ2v) is 3.68. The normalized spacial score (nSPS) is 11.6. The summed E-state index contributed by atoms with van der Waals surface area (Å²) in [4.78, 5) is 11.1. The third-order valence-corrected chi connectivity index (χ3v) is 2.62. The largest absolute Gasteiger partial charge is 0.465 e. The molecule has 4 nitrogen and oxygen atoms in total. The van der Waals surface area contributed by atoms with Gasteiger partial charge in [0.1, 0.15) is 10.2 Å². The summed E-state index contributed by atoms with van der Waals surface area (Å²) in [6, 6.07) is 0. The van der Waals surface area contributed by atoms with Crippen LogP contribution in [0, 0.1) is 0 Å². The fourth-order valence-electron chi connectivity index (χ4n) is 1.01. The maximum atomic E-state index is 12.0. The average molecular weight is 301 g/mol. The van der Waals surface area contributed by atoms with Gasteiger partial charge in [0.15, 0.2) is 0 Å². The average Bonchev–Trinajstić information content (AvgIpc) is 2.55. The van der Waals surface area contributed by atoms with Crippen LogP contribution in [0.4, 0.5) is 13.2 Å². The Morgan fingerprint density at radius 2 is 2.25 bits per heavy atom. The standard InChI is InChI=1S/C8H8BrF3N2O2/c1-16-7(15)5-4-13-14(6(5)9)3-2-8(10,11)12/h4H,2-3H2,1H3. The van der Waals surface area contributed by atoms with Crippen molar-refractivity contribution in [3.63, 3.8) is 0 Å². The summed E-state index contributed by atoms with van der Waals surface area (Å²) in [5.74, 6) is -0.648. The topological polar surface area (TPSA) is 44.1 Å². The van der Waals surface area contributed by atoms with Crippen LogP contribution in [0.5, 0.6) is 0 Å². The number of esters is 1. The van der Waals surface area contributed by atoms with Crippen LogP contribution in [-0.4, -0.2) is 29.0 Å². The van der Waals surface area contributed by atoms with E-state index >= 15 is 0 Å². The number of methoxy groups -OCH3 is 1. The zero-order valence-corrected chi connectivity index (χ0v) is 9.80. The summed E-state index contributed by atoms with van der Waals surface area (Å²) in [7, 11) is 1.18. The van der Waals surface area contributed by atoms with Crippen molar-refractivity contribution >= 4 is 21.9 Å². The highest BCUT2D eigenvalue weighted by atomic mass is 79.9. The molecule has 0 atom stereocenters. The second-order valence-electron chi connectivity index (χ2n) is 2.93. The van der Waals surface area contributed by atoms with Crippen molar-refractivity contribution < 1.29 is 22.7 Å². The van der Waals surface area contributed by atoms with Crippen LogP contribution >= 0.6 is 15.9 Å². The van der Waals surface area contributed by atoms with E-state index in [4.69, 9.17) is 0 Å². The van der Waals surface area contributed by atoms with Crippen LogP contribution in [-0.2, 0) is 11.3 Å². The first-order valence-electron chi connectivity index (χ1n) is 4.21. The minimum Gasteiger partial charge on any atom is -0.465 e. The number of hydrogen-bond donors (Lipinski definition) is 0. The van der Waals surface area contributed by atoms with Gasteiger partial charge in [-0.25, -0.2) is 4.79 Å². The first kappa shape index (κ1) is 13.0. The van der Waals surface area contributed by atoms with Gasteiger partial charge in [-0.2, -0.15) is 18.3 Å². The Kier molecular flexibility index (Phi) is 3.95. The Hall–Kier alpha value is -1.05. The molecule has 0 radical (unpaired) electrons. The number of halogens is 4. The van der Waals surface area contributed by atoms with E-state index in [0.29, 0.717) is 0 Å². The van der Waals surface area contributed by atoms with E-state index in [9.17, 15) is 18.0 Å². The van der Waals surface area contributed by atoms with Gasteiger partial charge < -0.3 is 4.74 Å². The molecule has 0 aliphatic rings. The maximum absolute atomic E-state index is 12.0. The zero-order valence-electron chi connectivity index (χ0n) is 8.21. The molecule has 1 rings (SSSR count). The highest BCUT2D eigenvalue weighted by molar-refractivity contribution is 9.10. The van der Waals surface area contributed by atoms with Crippen LogP contribution in [0.15, 0.2) is 10.8 Å². The summed E-state index contributed by atoms with van der Waals surface area (Å²) in [5, 5.41) is 3.66. The molecule has 0 aliphatic carbocycles. The molecule has 8 heteroatoms. The molecular weight excluding hydrogens is 293 g/mol. The monoisotopic (exact) mass is 300 g/mol. The lowest BCUT2D eigenvalue weighted by Gasteiger charge is -2.07. The number of ether oxygens (including phenoxy) is 1. The molecule has 0 aliphatic heterocycles. The number of carbonyl (C=O) groups excluding carboxylic acids is 1. The van der Waals surface area contributed by atoms with Crippen molar-refractivity contribution in [1.82, 2.24) is 9.78 Å².